The van der Waals surface area contributed by atoms with E-state index >= 15 is 0 Å². The minimum atomic E-state index is -0.396. The third kappa shape index (κ3) is 2.84. The van der Waals surface area contributed by atoms with Gasteiger partial charge in [0, 0.05) is 45.5 Å². The van der Waals surface area contributed by atoms with E-state index in [1.54, 1.807) is 13.1 Å². The van der Waals surface area contributed by atoms with E-state index in [1.807, 2.05) is 4.90 Å². The van der Waals surface area contributed by atoms with Crippen LogP contribution in [0.25, 0.3) is 0 Å². The molecule has 0 bridgehead atoms. The van der Waals surface area contributed by atoms with E-state index in [0.717, 1.165) is 11.0 Å². The lowest BCUT2D eigenvalue weighted by molar-refractivity contribution is 0.620. The van der Waals surface area contributed by atoms with Gasteiger partial charge in [-0.1, -0.05) is 0 Å². The quantitative estimate of drug-likeness (QED) is 0.881. The lowest BCUT2D eigenvalue weighted by Crippen LogP contribution is -2.40. The average molecular weight is 319 g/mol. The third-order valence-electron chi connectivity index (χ3n) is 4.14. The van der Waals surface area contributed by atoms with Crippen molar-refractivity contribution in [2.75, 3.05) is 23.3 Å². The molecule has 0 aliphatic carbocycles. The highest BCUT2D eigenvalue weighted by molar-refractivity contribution is 5.46. The SMILES string of the molecule is Cn1c(N2CC[C@H](Nc3ccncc3F)C2)cc(=O)n(C)c1=O. The lowest BCUT2D eigenvalue weighted by Gasteiger charge is -2.22. The molecule has 1 fully saturated rings. The summed E-state index contributed by atoms with van der Waals surface area (Å²) in [6, 6.07) is 3.08. The Morgan fingerprint density at radius 2 is 2.09 bits per heavy atom. The zero-order chi connectivity index (χ0) is 16.6. The molecule has 7 nitrogen and oxygen atoms in total. The molecule has 0 saturated carbocycles. The maximum atomic E-state index is 13.6. The average Bonchev–Trinajstić information content (AvgIpc) is 2.99. The number of pyridine rings is 1. The fourth-order valence-electron chi connectivity index (χ4n) is 2.82. The smallest absolute Gasteiger partial charge is 0.332 e. The van der Waals surface area contributed by atoms with Crippen LogP contribution in [0, 0.1) is 5.82 Å². The van der Waals surface area contributed by atoms with Crippen LogP contribution in [-0.4, -0.2) is 33.2 Å². The molecule has 122 valence electrons. The number of aromatic nitrogens is 3. The van der Waals surface area contributed by atoms with Crippen molar-refractivity contribution in [2.45, 2.75) is 12.5 Å². The van der Waals surface area contributed by atoms with Gasteiger partial charge >= 0.3 is 5.69 Å². The molecule has 23 heavy (non-hydrogen) atoms. The Balaban J connectivity index is 1.80. The Morgan fingerprint density at radius 1 is 1.30 bits per heavy atom. The monoisotopic (exact) mass is 319 g/mol. The van der Waals surface area contributed by atoms with Crippen LogP contribution in [0.3, 0.4) is 0 Å². The molecule has 0 unspecified atom stereocenters. The van der Waals surface area contributed by atoms with Gasteiger partial charge in [-0.3, -0.25) is 18.9 Å². The largest absolute Gasteiger partial charge is 0.378 e. The molecule has 1 aliphatic rings. The molecule has 1 atom stereocenters. The summed E-state index contributed by atoms with van der Waals surface area (Å²) in [6.45, 7) is 1.27. The number of hydrogen-bond acceptors (Lipinski definition) is 5. The van der Waals surface area contributed by atoms with Crippen molar-refractivity contribution in [1.29, 1.82) is 0 Å². The van der Waals surface area contributed by atoms with Crippen molar-refractivity contribution >= 4 is 11.5 Å². The molecule has 0 spiro atoms. The maximum absolute atomic E-state index is 13.6. The second-order valence-corrected chi connectivity index (χ2v) is 5.67. The molecule has 2 aromatic rings. The number of nitrogens with zero attached hydrogens (tertiary/aromatic N) is 4. The summed E-state index contributed by atoms with van der Waals surface area (Å²) in [7, 11) is 3.09. The Hall–Kier alpha value is -2.64. The normalized spacial score (nSPS) is 17.5. The number of nitrogens with one attached hydrogen (secondary N) is 1. The van der Waals surface area contributed by atoms with Crippen molar-refractivity contribution in [2.24, 2.45) is 14.1 Å². The fraction of sp³-hybridized carbons (Fsp3) is 0.400. The summed E-state index contributed by atoms with van der Waals surface area (Å²) in [5.74, 6) is 0.185. The second-order valence-electron chi connectivity index (χ2n) is 5.67. The molecule has 0 radical (unpaired) electrons. The number of anilines is 2. The first-order chi connectivity index (χ1) is 11.0. The summed E-state index contributed by atoms with van der Waals surface area (Å²) < 4.78 is 16.2. The van der Waals surface area contributed by atoms with Crippen molar-refractivity contribution in [1.82, 2.24) is 14.1 Å². The van der Waals surface area contributed by atoms with Crippen LogP contribution < -0.4 is 21.5 Å². The zero-order valence-corrected chi connectivity index (χ0v) is 13.0. The van der Waals surface area contributed by atoms with Gasteiger partial charge in [0.15, 0.2) is 5.82 Å². The summed E-state index contributed by atoms with van der Waals surface area (Å²) in [6.07, 6.45) is 3.48. The molecule has 0 amide bonds. The predicted octanol–water partition coefficient (Wildman–Crippen LogP) is 0.309. The first-order valence-corrected chi connectivity index (χ1v) is 7.35. The van der Waals surface area contributed by atoms with Crippen LogP contribution in [0.2, 0.25) is 0 Å². The van der Waals surface area contributed by atoms with E-state index in [-0.39, 0.29) is 17.3 Å². The molecule has 0 aromatic carbocycles. The van der Waals surface area contributed by atoms with Gasteiger partial charge in [0.1, 0.15) is 5.82 Å². The third-order valence-corrected chi connectivity index (χ3v) is 4.14. The van der Waals surface area contributed by atoms with Gasteiger partial charge in [-0.25, -0.2) is 9.18 Å². The van der Waals surface area contributed by atoms with Crippen LogP contribution in [0.5, 0.6) is 0 Å². The molecule has 2 aromatic heterocycles. The molecule has 3 heterocycles. The number of hydrogen-bond donors (Lipinski definition) is 1. The Kier molecular flexibility index (Phi) is 3.89. The molecule has 1 saturated heterocycles. The van der Waals surface area contributed by atoms with Gasteiger partial charge in [0.25, 0.3) is 5.56 Å². The van der Waals surface area contributed by atoms with Gasteiger partial charge in [-0.05, 0) is 12.5 Å². The molecule has 1 aliphatic heterocycles. The predicted molar refractivity (Wildman–Crippen MR) is 85.4 cm³/mol. The topological polar surface area (TPSA) is 72.2 Å². The van der Waals surface area contributed by atoms with Crippen molar-refractivity contribution in [3.05, 3.63) is 51.2 Å². The van der Waals surface area contributed by atoms with E-state index in [2.05, 4.69) is 10.3 Å². The second kappa shape index (κ2) is 5.86. The van der Waals surface area contributed by atoms with Crippen LogP contribution in [0.15, 0.2) is 34.1 Å². The minimum absolute atomic E-state index is 0.0334. The van der Waals surface area contributed by atoms with Crippen LogP contribution in [0.1, 0.15) is 6.42 Å². The summed E-state index contributed by atoms with van der Waals surface area (Å²) >= 11 is 0. The van der Waals surface area contributed by atoms with Crippen LogP contribution in [-0.2, 0) is 14.1 Å². The van der Waals surface area contributed by atoms with Gasteiger partial charge in [-0.2, -0.15) is 0 Å². The Labute approximate surface area is 132 Å². The van der Waals surface area contributed by atoms with Gasteiger partial charge in [-0.15, -0.1) is 0 Å². The van der Waals surface area contributed by atoms with Crippen molar-refractivity contribution < 1.29 is 4.39 Å². The first kappa shape index (κ1) is 15.3. The molecular weight excluding hydrogens is 301 g/mol. The van der Waals surface area contributed by atoms with Crippen LogP contribution in [0.4, 0.5) is 15.9 Å². The number of rotatable bonds is 3. The molecule has 8 heteroatoms. The van der Waals surface area contributed by atoms with E-state index in [0.29, 0.717) is 24.6 Å². The fourth-order valence-corrected chi connectivity index (χ4v) is 2.82. The van der Waals surface area contributed by atoms with Gasteiger partial charge in [0.2, 0.25) is 0 Å². The van der Waals surface area contributed by atoms with Crippen molar-refractivity contribution in [3.8, 4) is 0 Å². The molecule has 3 rings (SSSR count). The van der Waals surface area contributed by atoms with Crippen molar-refractivity contribution in [3.63, 3.8) is 0 Å². The summed E-state index contributed by atoms with van der Waals surface area (Å²) in [4.78, 5) is 29.5. The molecular formula is C15H18FN5O2. The standard InChI is InChI=1S/C15H18FN5O2/c1-19-13(7-14(22)20(2)15(19)23)21-6-4-10(9-21)18-12-3-5-17-8-11(12)16/h3,5,7-8,10H,4,6,9H2,1-2H3,(H,17,18)/t10-/m0/s1. The maximum Gasteiger partial charge on any atom is 0.332 e. The first-order valence-electron chi connectivity index (χ1n) is 7.35. The molecule has 1 N–H and O–H groups in total. The highest BCUT2D eigenvalue weighted by Crippen LogP contribution is 2.21. The van der Waals surface area contributed by atoms with Gasteiger partial charge < -0.3 is 10.2 Å². The van der Waals surface area contributed by atoms with E-state index < -0.39 is 5.82 Å². The summed E-state index contributed by atoms with van der Waals surface area (Å²) in [5, 5.41) is 3.14. The number of halogens is 1. The highest BCUT2D eigenvalue weighted by atomic mass is 19.1. The Morgan fingerprint density at radius 3 is 2.83 bits per heavy atom. The Bertz CT molecular complexity index is 844. The van der Waals surface area contributed by atoms with E-state index in [4.69, 9.17) is 0 Å². The van der Waals surface area contributed by atoms with Gasteiger partial charge in [0.05, 0.1) is 11.9 Å². The highest BCUT2D eigenvalue weighted by Gasteiger charge is 2.25. The van der Waals surface area contributed by atoms with E-state index in [9.17, 15) is 14.0 Å². The van der Waals surface area contributed by atoms with E-state index in [1.165, 1.54) is 30.1 Å². The zero-order valence-electron chi connectivity index (χ0n) is 13.0. The minimum Gasteiger partial charge on any atom is -0.378 e. The van der Waals surface area contributed by atoms with Crippen LogP contribution >= 0.6 is 0 Å². The summed E-state index contributed by atoms with van der Waals surface area (Å²) in [5.41, 5.74) is -0.284. The lowest BCUT2D eigenvalue weighted by atomic mass is 10.2.